The third kappa shape index (κ3) is 3.40. The summed E-state index contributed by atoms with van der Waals surface area (Å²) in [6.45, 7) is 0.994. The highest BCUT2D eigenvalue weighted by molar-refractivity contribution is 7.91. The molecule has 146 valence electrons. The molecule has 0 amide bonds. The number of sulfone groups is 1. The number of halogens is 2. The molecule has 10 heteroatoms. The van der Waals surface area contributed by atoms with Crippen LogP contribution in [0.5, 0.6) is 0 Å². The molecule has 0 radical (unpaired) electrons. The first-order valence-electron chi connectivity index (χ1n) is 8.82. The zero-order chi connectivity index (χ0) is 19.3. The number of anilines is 1. The molecule has 2 aliphatic rings. The SMILES string of the molecule is Cn1c([C@@H]2CCS(=O)(=O)C2)nn(CN2CCCc3cc(F)c(F)cc32)c1=S. The Bertz CT molecular complexity index is 1060. The quantitative estimate of drug-likeness (QED) is 0.723. The van der Waals surface area contributed by atoms with Crippen LogP contribution in [0.15, 0.2) is 12.1 Å². The van der Waals surface area contributed by atoms with Crippen LogP contribution in [0.3, 0.4) is 0 Å². The van der Waals surface area contributed by atoms with Crippen molar-refractivity contribution in [3.05, 3.63) is 39.9 Å². The van der Waals surface area contributed by atoms with Crippen molar-refractivity contribution in [2.45, 2.75) is 31.8 Å². The number of aromatic nitrogens is 3. The molecule has 1 atom stereocenters. The zero-order valence-corrected chi connectivity index (χ0v) is 16.5. The third-order valence-electron chi connectivity index (χ3n) is 5.31. The summed E-state index contributed by atoms with van der Waals surface area (Å²) in [6, 6.07) is 2.48. The monoisotopic (exact) mass is 414 g/mol. The van der Waals surface area contributed by atoms with E-state index in [9.17, 15) is 17.2 Å². The summed E-state index contributed by atoms with van der Waals surface area (Å²) >= 11 is 5.47. The van der Waals surface area contributed by atoms with Crippen molar-refractivity contribution >= 4 is 27.7 Å². The van der Waals surface area contributed by atoms with Gasteiger partial charge in [0.2, 0.25) is 0 Å². The van der Waals surface area contributed by atoms with Crippen LogP contribution in [0.2, 0.25) is 0 Å². The first-order chi connectivity index (χ1) is 12.7. The molecule has 0 spiro atoms. The van der Waals surface area contributed by atoms with Crippen molar-refractivity contribution in [3.8, 4) is 0 Å². The van der Waals surface area contributed by atoms with Crippen molar-refractivity contribution < 1.29 is 17.2 Å². The molecular formula is C17H20F2N4O2S2. The fourth-order valence-electron chi connectivity index (χ4n) is 3.91. The number of aryl methyl sites for hydroxylation is 1. The predicted molar refractivity (Wildman–Crippen MR) is 100 cm³/mol. The van der Waals surface area contributed by atoms with E-state index < -0.39 is 21.5 Å². The molecule has 0 saturated carbocycles. The molecule has 2 aliphatic heterocycles. The molecule has 1 fully saturated rings. The van der Waals surface area contributed by atoms with Gasteiger partial charge < -0.3 is 9.47 Å². The largest absolute Gasteiger partial charge is 0.352 e. The molecular weight excluding hydrogens is 394 g/mol. The molecule has 1 saturated heterocycles. The smallest absolute Gasteiger partial charge is 0.199 e. The first kappa shape index (κ1) is 18.5. The summed E-state index contributed by atoms with van der Waals surface area (Å²) in [7, 11) is -1.24. The van der Waals surface area contributed by atoms with Gasteiger partial charge in [-0.2, -0.15) is 5.10 Å². The van der Waals surface area contributed by atoms with E-state index in [1.54, 1.807) is 16.3 Å². The summed E-state index contributed by atoms with van der Waals surface area (Å²) in [5, 5.41) is 4.57. The molecule has 0 unspecified atom stereocenters. The molecule has 0 bridgehead atoms. The van der Waals surface area contributed by atoms with Gasteiger partial charge in [-0.25, -0.2) is 21.9 Å². The number of fused-ring (bicyclic) bond motifs is 1. The summed E-state index contributed by atoms with van der Waals surface area (Å²) < 4.78 is 54.7. The van der Waals surface area contributed by atoms with Gasteiger partial charge >= 0.3 is 0 Å². The van der Waals surface area contributed by atoms with Gasteiger partial charge in [0, 0.05) is 31.3 Å². The van der Waals surface area contributed by atoms with Crippen molar-refractivity contribution in [1.82, 2.24) is 14.3 Å². The van der Waals surface area contributed by atoms with Crippen LogP contribution in [-0.2, 0) is 30.0 Å². The van der Waals surface area contributed by atoms with Crippen LogP contribution >= 0.6 is 12.2 Å². The van der Waals surface area contributed by atoms with E-state index >= 15 is 0 Å². The molecule has 1 aromatic carbocycles. The summed E-state index contributed by atoms with van der Waals surface area (Å²) in [5.74, 6) is -0.964. The maximum absolute atomic E-state index is 13.7. The summed E-state index contributed by atoms with van der Waals surface area (Å²) in [4.78, 5) is 1.93. The van der Waals surface area contributed by atoms with E-state index in [1.807, 2.05) is 4.90 Å². The first-order valence-corrected chi connectivity index (χ1v) is 11.0. The van der Waals surface area contributed by atoms with E-state index in [1.165, 1.54) is 12.1 Å². The molecule has 1 aromatic heterocycles. The molecule has 27 heavy (non-hydrogen) atoms. The highest BCUT2D eigenvalue weighted by Crippen LogP contribution is 2.31. The maximum atomic E-state index is 13.7. The highest BCUT2D eigenvalue weighted by atomic mass is 32.2. The van der Waals surface area contributed by atoms with Crippen molar-refractivity contribution in [2.75, 3.05) is 23.0 Å². The van der Waals surface area contributed by atoms with Crippen LogP contribution in [0.4, 0.5) is 14.5 Å². The van der Waals surface area contributed by atoms with Crippen LogP contribution in [-0.4, -0.2) is 40.8 Å². The predicted octanol–water partition coefficient (Wildman–Crippen LogP) is 2.54. The van der Waals surface area contributed by atoms with Gasteiger partial charge in [-0.3, -0.25) is 0 Å². The average Bonchev–Trinajstić information content (AvgIpc) is 3.10. The minimum atomic E-state index is -3.02. The minimum absolute atomic E-state index is 0.0870. The lowest BCUT2D eigenvalue weighted by Gasteiger charge is -2.31. The Kier molecular flexibility index (Phi) is 4.58. The fraction of sp³-hybridized carbons (Fsp3) is 0.529. The minimum Gasteiger partial charge on any atom is -0.352 e. The second-order valence-corrected chi connectivity index (χ2v) is 9.80. The Balaban J connectivity index is 1.64. The van der Waals surface area contributed by atoms with Gasteiger partial charge in [0.05, 0.1) is 11.5 Å². The van der Waals surface area contributed by atoms with E-state index in [-0.39, 0.29) is 17.4 Å². The van der Waals surface area contributed by atoms with Crippen LogP contribution in [0, 0.1) is 16.4 Å². The molecule has 4 rings (SSSR count). The summed E-state index contributed by atoms with van der Waals surface area (Å²) in [6.07, 6.45) is 2.06. The van der Waals surface area contributed by atoms with Gasteiger partial charge in [-0.15, -0.1) is 0 Å². The molecule has 0 aliphatic carbocycles. The number of rotatable bonds is 3. The average molecular weight is 415 g/mol. The van der Waals surface area contributed by atoms with Gasteiger partial charge in [0.1, 0.15) is 12.5 Å². The molecule has 6 nitrogen and oxygen atoms in total. The Morgan fingerprint density at radius 2 is 2.04 bits per heavy atom. The Labute approximate surface area is 161 Å². The maximum Gasteiger partial charge on any atom is 0.199 e. The van der Waals surface area contributed by atoms with Gasteiger partial charge in [-0.1, -0.05) is 0 Å². The second-order valence-electron chi connectivity index (χ2n) is 7.20. The Morgan fingerprint density at radius 1 is 1.30 bits per heavy atom. The van der Waals surface area contributed by atoms with E-state index in [0.717, 1.165) is 12.0 Å². The van der Waals surface area contributed by atoms with Crippen LogP contribution < -0.4 is 4.90 Å². The number of hydrogen-bond donors (Lipinski definition) is 0. The highest BCUT2D eigenvalue weighted by Gasteiger charge is 2.32. The lowest BCUT2D eigenvalue weighted by molar-refractivity contribution is 0.497. The van der Waals surface area contributed by atoms with Crippen molar-refractivity contribution in [1.29, 1.82) is 0 Å². The van der Waals surface area contributed by atoms with Crippen LogP contribution in [0.1, 0.15) is 30.1 Å². The van der Waals surface area contributed by atoms with Gasteiger partial charge in [0.25, 0.3) is 0 Å². The summed E-state index contributed by atoms with van der Waals surface area (Å²) in [5.41, 5.74) is 1.42. The fourth-order valence-corrected chi connectivity index (χ4v) is 5.84. The molecule has 2 aromatic rings. The van der Waals surface area contributed by atoms with E-state index in [4.69, 9.17) is 12.2 Å². The molecule has 3 heterocycles. The lowest BCUT2D eigenvalue weighted by Crippen LogP contribution is -2.32. The topological polar surface area (TPSA) is 60.1 Å². The normalized spacial score (nSPS) is 21.4. The van der Waals surface area contributed by atoms with E-state index in [2.05, 4.69) is 5.10 Å². The lowest BCUT2D eigenvalue weighted by atomic mass is 10.0. The van der Waals surface area contributed by atoms with Gasteiger partial charge in [-0.05, 0) is 43.1 Å². The molecule has 0 N–H and O–H groups in total. The number of nitrogens with zero attached hydrogens (tertiary/aromatic N) is 4. The Hall–Kier alpha value is -1.81. The van der Waals surface area contributed by atoms with Crippen molar-refractivity contribution in [3.63, 3.8) is 0 Å². The van der Waals surface area contributed by atoms with Gasteiger partial charge in [0.15, 0.2) is 26.2 Å². The number of benzene rings is 1. The second kappa shape index (κ2) is 6.66. The number of hydrogen-bond acceptors (Lipinski definition) is 5. The Morgan fingerprint density at radius 3 is 2.74 bits per heavy atom. The third-order valence-corrected chi connectivity index (χ3v) is 7.57. The zero-order valence-electron chi connectivity index (χ0n) is 14.9. The van der Waals surface area contributed by atoms with Crippen LogP contribution in [0.25, 0.3) is 0 Å². The standard InChI is InChI=1S/C17H20F2N4O2S2/c1-21-16(12-4-6-27(24,25)9-12)20-23(17(21)26)10-22-5-2-3-11-7-13(18)14(19)8-15(11)22/h7-8,12H,2-6,9-10H2,1H3/t12-/m1/s1. The van der Waals surface area contributed by atoms with Crippen molar-refractivity contribution in [2.24, 2.45) is 7.05 Å². The van der Waals surface area contributed by atoms with E-state index in [0.29, 0.717) is 42.3 Å².